The molecule has 102 valence electrons. The summed E-state index contributed by atoms with van der Waals surface area (Å²) in [7, 11) is 0. The van der Waals surface area contributed by atoms with Crippen LogP contribution in [0.5, 0.6) is 0 Å². The number of benzene rings is 2. The van der Waals surface area contributed by atoms with Gasteiger partial charge in [0.2, 0.25) is 5.91 Å². The van der Waals surface area contributed by atoms with E-state index in [0.29, 0.717) is 11.6 Å². The molecule has 0 atom stereocenters. The normalized spacial score (nSPS) is 14.0. The Morgan fingerprint density at radius 1 is 1.05 bits per heavy atom. The molecule has 2 nitrogen and oxygen atoms in total. The molecule has 1 heterocycles. The fourth-order valence-corrected chi connectivity index (χ4v) is 2.93. The van der Waals surface area contributed by atoms with E-state index < -0.39 is 0 Å². The minimum Gasteiger partial charge on any atom is -0.308 e. The van der Waals surface area contributed by atoms with Gasteiger partial charge in [0.1, 0.15) is 0 Å². The maximum absolute atomic E-state index is 12.0. The summed E-state index contributed by atoms with van der Waals surface area (Å²) in [6.07, 6.45) is 1.92. The van der Waals surface area contributed by atoms with Crippen molar-refractivity contribution >= 4 is 23.2 Å². The van der Waals surface area contributed by atoms with Gasteiger partial charge in [0.05, 0.1) is 6.54 Å². The third-order valence-electron chi connectivity index (χ3n) is 3.83. The average Bonchev–Trinajstić information content (AvgIpc) is 2.42. The molecule has 0 aliphatic carbocycles. The molecule has 20 heavy (non-hydrogen) atoms. The van der Waals surface area contributed by atoms with Crippen molar-refractivity contribution < 1.29 is 4.79 Å². The second-order valence-corrected chi connectivity index (χ2v) is 5.58. The molecule has 0 unspecified atom stereocenters. The van der Waals surface area contributed by atoms with Crippen molar-refractivity contribution in [3.05, 3.63) is 64.2 Å². The van der Waals surface area contributed by atoms with Crippen molar-refractivity contribution in [3.63, 3.8) is 0 Å². The van der Waals surface area contributed by atoms with Crippen molar-refractivity contribution in [2.24, 2.45) is 0 Å². The lowest BCUT2D eigenvalue weighted by Gasteiger charge is -2.28. The van der Waals surface area contributed by atoms with Crippen LogP contribution in [0.4, 0.5) is 5.69 Å². The van der Waals surface area contributed by atoms with Crippen molar-refractivity contribution in [3.8, 4) is 0 Å². The SMILES string of the molecule is CC(=O)N1Cc2ccccc2CCc2ccc(Cl)cc21. The van der Waals surface area contributed by atoms with Crippen LogP contribution >= 0.6 is 11.6 Å². The summed E-state index contributed by atoms with van der Waals surface area (Å²) in [5.41, 5.74) is 4.66. The van der Waals surface area contributed by atoms with Gasteiger partial charge >= 0.3 is 0 Å². The number of hydrogen-bond donors (Lipinski definition) is 0. The van der Waals surface area contributed by atoms with E-state index in [0.717, 1.165) is 18.5 Å². The maximum atomic E-state index is 12.0. The molecule has 0 spiro atoms. The van der Waals surface area contributed by atoms with Crippen molar-refractivity contribution in [1.29, 1.82) is 0 Å². The van der Waals surface area contributed by atoms with Gasteiger partial charge < -0.3 is 4.90 Å². The monoisotopic (exact) mass is 285 g/mol. The van der Waals surface area contributed by atoms with E-state index in [-0.39, 0.29) is 5.91 Å². The highest BCUT2D eigenvalue weighted by Crippen LogP contribution is 2.30. The topological polar surface area (TPSA) is 20.3 Å². The van der Waals surface area contributed by atoms with Gasteiger partial charge in [0.25, 0.3) is 0 Å². The zero-order valence-electron chi connectivity index (χ0n) is 11.4. The standard InChI is InChI=1S/C17H16ClNO/c1-12(20)19-11-15-5-3-2-4-13(15)6-7-14-8-9-16(18)10-17(14)19/h2-5,8-10H,6-7,11H2,1H3. The number of hydrogen-bond acceptors (Lipinski definition) is 1. The lowest BCUT2D eigenvalue weighted by molar-refractivity contribution is -0.116. The molecule has 0 saturated carbocycles. The molecule has 2 aromatic carbocycles. The summed E-state index contributed by atoms with van der Waals surface area (Å²) >= 11 is 6.10. The number of carbonyl (C=O) groups is 1. The van der Waals surface area contributed by atoms with E-state index in [9.17, 15) is 4.79 Å². The fourth-order valence-electron chi connectivity index (χ4n) is 2.76. The van der Waals surface area contributed by atoms with Gasteiger partial charge in [-0.15, -0.1) is 0 Å². The number of rotatable bonds is 0. The van der Waals surface area contributed by atoms with Crippen molar-refractivity contribution in [2.45, 2.75) is 26.3 Å². The summed E-state index contributed by atoms with van der Waals surface area (Å²) in [5.74, 6) is 0.0465. The van der Waals surface area contributed by atoms with Crippen LogP contribution in [0.25, 0.3) is 0 Å². The van der Waals surface area contributed by atoms with Crippen LogP contribution in [-0.2, 0) is 24.2 Å². The minimum atomic E-state index is 0.0465. The zero-order chi connectivity index (χ0) is 14.1. The Hall–Kier alpha value is -1.80. The van der Waals surface area contributed by atoms with E-state index in [4.69, 9.17) is 11.6 Å². The smallest absolute Gasteiger partial charge is 0.224 e. The molecule has 0 fully saturated rings. The molecule has 0 N–H and O–H groups in total. The van der Waals surface area contributed by atoms with Gasteiger partial charge in [-0.1, -0.05) is 41.9 Å². The van der Waals surface area contributed by atoms with Gasteiger partial charge in [0.15, 0.2) is 0 Å². The summed E-state index contributed by atoms with van der Waals surface area (Å²) in [5, 5.41) is 0.670. The predicted octanol–water partition coefficient (Wildman–Crippen LogP) is 3.99. The molecule has 0 bridgehead atoms. The van der Waals surface area contributed by atoms with E-state index in [2.05, 4.69) is 18.2 Å². The average molecular weight is 286 g/mol. The van der Waals surface area contributed by atoms with Crippen LogP contribution in [0.2, 0.25) is 5.02 Å². The van der Waals surface area contributed by atoms with E-state index in [1.165, 1.54) is 16.7 Å². The summed E-state index contributed by atoms with van der Waals surface area (Å²) < 4.78 is 0. The number of carbonyl (C=O) groups excluding carboxylic acids is 1. The minimum absolute atomic E-state index is 0.0465. The maximum Gasteiger partial charge on any atom is 0.224 e. The van der Waals surface area contributed by atoms with Gasteiger partial charge in [0, 0.05) is 17.6 Å². The lowest BCUT2D eigenvalue weighted by atomic mass is 9.95. The molecule has 0 radical (unpaired) electrons. The fraction of sp³-hybridized carbons (Fsp3) is 0.235. The van der Waals surface area contributed by atoms with Crippen LogP contribution in [0.1, 0.15) is 23.6 Å². The predicted molar refractivity (Wildman–Crippen MR) is 82.2 cm³/mol. The van der Waals surface area contributed by atoms with Crippen LogP contribution in [0, 0.1) is 0 Å². The summed E-state index contributed by atoms with van der Waals surface area (Å²) in [6.45, 7) is 2.22. The molecule has 1 aliphatic heterocycles. The van der Waals surface area contributed by atoms with E-state index in [1.807, 2.05) is 29.2 Å². The van der Waals surface area contributed by atoms with Gasteiger partial charge in [-0.2, -0.15) is 0 Å². The van der Waals surface area contributed by atoms with Crippen molar-refractivity contribution in [1.82, 2.24) is 0 Å². The number of fused-ring (bicyclic) bond motifs is 2. The van der Waals surface area contributed by atoms with Crippen LogP contribution in [0.15, 0.2) is 42.5 Å². The number of amides is 1. The molecule has 0 aromatic heterocycles. The molecule has 0 saturated heterocycles. The highest BCUT2D eigenvalue weighted by Gasteiger charge is 2.20. The Labute approximate surface area is 124 Å². The van der Waals surface area contributed by atoms with Gasteiger partial charge in [-0.05, 0) is 41.7 Å². The first kappa shape index (κ1) is 13.2. The molecule has 1 amide bonds. The van der Waals surface area contributed by atoms with E-state index >= 15 is 0 Å². The zero-order valence-corrected chi connectivity index (χ0v) is 12.2. The quantitative estimate of drug-likeness (QED) is 0.717. The number of halogens is 1. The largest absolute Gasteiger partial charge is 0.308 e. The molecular formula is C17H16ClNO. The third kappa shape index (κ3) is 2.44. The highest BCUT2D eigenvalue weighted by molar-refractivity contribution is 6.31. The Morgan fingerprint density at radius 2 is 1.75 bits per heavy atom. The third-order valence-corrected chi connectivity index (χ3v) is 4.06. The first-order chi connectivity index (χ1) is 9.65. The number of nitrogens with zero attached hydrogens (tertiary/aromatic N) is 1. The first-order valence-corrected chi connectivity index (χ1v) is 7.16. The number of aryl methyl sites for hydroxylation is 2. The molecular weight excluding hydrogens is 270 g/mol. The van der Waals surface area contributed by atoms with E-state index in [1.54, 1.807) is 6.92 Å². The molecule has 1 aliphatic rings. The Kier molecular flexibility index (Phi) is 3.49. The molecule has 3 rings (SSSR count). The van der Waals surface area contributed by atoms with Crippen molar-refractivity contribution in [2.75, 3.05) is 4.90 Å². The summed E-state index contributed by atoms with van der Waals surface area (Å²) in [6, 6.07) is 14.1. The molecule has 3 heteroatoms. The highest BCUT2D eigenvalue weighted by atomic mass is 35.5. The van der Waals surface area contributed by atoms with Crippen LogP contribution in [0.3, 0.4) is 0 Å². The van der Waals surface area contributed by atoms with Crippen LogP contribution < -0.4 is 4.90 Å². The summed E-state index contributed by atoms with van der Waals surface area (Å²) in [4.78, 5) is 13.8. The Bertz CT molecular complexity index is 666. The van der Waals surface area contributed by atoms with Crippen LogP contribution in [-0.4, -0.2) is 5.91 Å². The molecule has 2 aromatic rings. The second-order valence-electron chi connectivity index (χ2n) is 5.15. The number of anilines is 1. The lowest BCUT2D eigenvalue weighted by Crippen LogP contribution is -2.30. The Morgan fingerprint density at radius 3 is 2.50 bits per heavy atom. The van der Waals surface area contributed by atoms with Gasteiger partial charge in [-0.25, -0.2) is 0 Å². The second kappa shape index (κ2) is 5.29. The first-order valence-electron chi connectivity index (χ1n) is 6.78. The Balaban J connectivity index is 2.11. The van der Waals surface area contributed by atoms with Gasteiger partial charge in [-0.3, -0.25) is 4.79 Å².